The first kappa shape index (κ1) is 14.7. The number of alkyl halides is 2. The number of aryl methyl sites for hydroxylation is 1. The predicted molar refractivity (Wildman–Crippen MR) is 81.0 cm³/mol. The van der Waals surface area contributed by atoms with Gasteiger partial charge in [0.25, 0.3) is 11.8 Å². The first-order valence-electron chi connectivity index (χ1n) is 7.27. The SMILES string of the molecule is Cc1ccc(C(=O)N2CC(F)(F)C[C@@H]2c2ccccc2)cc1. The molecule has 0 saturated carbocycles. The van der Waals surface area contributed by atoms with Crippen LogP contribution in [0.15, 0.2) is 54.6 Å². The molecule has 2 aromatic carbocycles. The third kappa shape index (κ3) is 2.86. The molecule has 1 heterocycles. The van der Waals surface area contributed by atoms with Gasteiger partial charge < -0.3 is 4.90 Å². The van der Waals surface area contributed by atoms with Gasteiger partial charge in [-0.25, -0.2) is 8.78 Å². The molecule has 1 aliphatic rings. The molecule has 1 saturated heterocycles. The summed E-state index contributed by atoms with van der Waals surface area (Å²) in [5.41, 5.74) is 2.23. The maximum absolute atomic E-state index is 13.9. The summed E-state index contributed by atoms with van der Waals surface area (Å²) < 4.78 is 27.8. The molecule has 0 bridgehead atoms. The number of benzene rings is 2. The van der Waals surface area contributed by atoms with Crippen molar-refractivity contribution >= 4 is 5.91 Å². The molecule has 1 atom stereocenters. The highest BCUT2D eigenvalue weighted by Gasteiger charge is 2.47. The Balaban J connectivity index is 1.92. The second-order valence-corrected chi connectivity index (χ2v) is 5.79. The number of nitrogens with zero attached hydrogens (tertiary/aromatic N) is 1. The van der Waals surface area contributed by atoms with E-state index >= 15 is 0 Å². The lowest BCUT2D eigenvalue weighted by atomic mass is 10.0. The molecule has 4 heteroatoms. The van der Waals surface area contributed by atoms with Gasteiger partial charge >= 0.3 is 0 Å². The normalized spacial score (nSPS) is 20.1. The van der Waals surface area contributed by atoms with Gasteiger partial charge in [0.15, 0.2) is 0 Å². The number of carbonyl (C=O) groups excluding carboxylic acids is 1. The number of halogens is 2. The first-order valence-corrected chi connectivity index (χ1v) is 7.27. The number of carbonyl (C=O) groups is 1. The van der Waals surface area contributed by atoms with Gasteiger partial charge in [0.1, 0.15) is 0 Å². The first-order chi connectivity index (χ1) is 10.5. The van der Waals surface area contributed by atoms with E-state index in [9.17, 15) is 13.6 Å². The average molecular weight is 301 g/mol. The maximum Gasteiger partial charge on any atom is 0.267 e. The summed E-state index contributed by atoms with van der Waals surface area (Å²) in [6, 6.07) is 15.5. The fourth-order valence-electron chi connectivity index (χ4n) is 2.87. The van der Waals surface area contributed by atoms with Crippen molar-refractivity contribution in [3.05, 3.63) is 71.3 Å². The molecule has 0 radical (unpaired) electrons. The number of amides is 1. The van der Waals surface area contributed by atoms with Gasteiger partial charge in [-0.15, -0.1) is 0 Å². The van der Waals surface area contributed by atoms with Crippen molar-refractivity contribution < 1.29 is 13.6 Å². The topological polar surface area (TPSA) is 20.3 Å². The van der Waals surface area contributed by atoms with Crippen LogP contribution in [0, 0.1) is 6.92 Å². The monoisotopic (exact) mass is 301 g/mol. The molecular weight excluding hydrogens is 284 g/mol. The molecule has 2 nitrogen and oxygen atoms in total. The van der Waals surface area contributed by atoms with Crippen LogP contribution in [0.3, 0.4) is 0 Å². The highest BCUT2D eigenvalue weighted by Crippen LogP contribution is 2.41. The summed E-state index contributed by atoms with van der Waals surface area (Å²) in [4.78, 5) is 13.9. The van der Waals surface area contributed by atoms with Crippen LogP contribution in [-0.4, -0.2) is 23.3 Å². The van der Waals surface area contributed by atoms with Crippen molar-refractivity contribution in [3.63, 3.8) is 0 Å². The maximum atomic E-state index is 13.9. The highest BCUT2D eigenvalue weighted by atomic mass is 19.3. The Morgan fingerprint density at radius 3 is 2.36 bits per heavy atom. The van der Waals surface area contributed by atoms with Crippen molar-refractivity contribution in [1.29, 1.82) is 0 Å². The van der Waals surface area contributed by atoms with E-state index in [-0.39, 0.29) is 12.3 Å². The zero-order chi connectivity index (χ0) is 15.7. The number of hydrogen-bond acceptors (Lipinski definition) is 1. The minimum atomic E-state index is -2.85. The van der Waals surface area contributed by atoms with E-state index in [4.69, 9.17) is 0 Å². The lowest BCUT2D eigenvalue weighted by Crippen LogP contribution is -2.33. The smallest absolute Gasteiger partial charge is 0.267 e. The Morgan fingerprint density at radius 2 is 1.73 bits per heavy atom. The van der Waals surface area contributed by atoms with Gasteiger partial charge in [-0.2, -0.15) is 0 Å². The average Bonchev–Trinajstić information content (AvgIpc) is 2.84. The second-order valence-electron chi connectivity index (χ2n) is 5.79. The third-order valence-electron chi connectivity index (χ3n) is 4.01. The van der Waals surface area contributed by atoms with Gasteiger partial charge in [-0.05, 0) is 24.6 Å². The van der Waals surface area contributed by atoms with Crippen molar-refractivity contribution in [1.82, 2.24) is 4.90 Å². The van der Waals surface area contributed by atoms with Crippen LogP contribution in [0.2, 0.25) is 0 Å². The number of hydrogen-bond donors (Lipinski definition) is 0. The number of rotatable bonds is 2. The van der Waals surface area contributed by atoms with Crippen molar-refractivity contribution in [2.75, 3.05) is 6.54 Å². The van der Waals surface area contributed by atoms with Gasteiger partial charge in [-0.3, -0.25) is 4.79 Å². The zero-order valence-corrected chi connectivity index (χ0v) is 12.3. The minimum Gasteiger partial charge on any atom is -0.325 e. The third-order valence-corrected chi connectivity index (χ3v) is 4.01. The van der Waals surface area contributed by atoms with E-state index in [1.807, 2.05) is 25.1 Å². The molecule has 0 N–H and O–H groups in total. The zero-order valence-electron chi connectivity index (χ0n) is 12.3. The van der Waals surface area contributed by atoms with Gasteiger partial charge in [-0.1, -0.05) is 48.0 Å². The molecule has 0 spiro atoms. The minimum absolute atomic E-state index is 0.325. The fraction of sp³-hybridized carbons (Fsp3) is 0.278. The molecule has 1 fully saturated rings. The summed E-state index contributed by atoms with van der Waals surface area (Å²) in [5.74, 6) is -3.19. The Morgan fingerprint density at radius 1 is 1.09 bits per heavy atom. The molecule has 1 amide bonds. The summed E-state index contributed by atoms with van der Waals surface area (Å²) >= 11 is 0. The largest absolute Gasteiger partial charge is 0.325 e. The molecule has 2 aromatic rings. The molecule has 1 aliphatic heterocycles. The molecule has 3 rings (SSSR count). The molecular formula is C18H17F2NO. The van der Waals surface area contributed by atoms with Gasteiger partial charge in [0.2, 0.25) is 0 Å². The van der Waals surface area contributed by atoms with Crippen molar-refractivity contribution in [2.24, 2.45) is 0 Å². The van der Waals surface area contributed by atoms with Crippen molar-refractivity contribution in [3.8, 4) is 0 Å². The number of likely N-dealkylation sites (tertiary alicyclic amines) is 1. The Hall–Kier alpha value is -2.23. The van der Waals surface area contributed by atoms with Crippen LogP contribution in [0.25, 0.3) is 0 Å². The molecule has 0 aliphatic carbocycles. The van der Waals surface area contributed by atoms with Crippen LogP contribution in [0.1, 0.15) is 33.9 Å². The molecule has 0 aromatic heterocycles. The second kappa shape index (κ2) is 5.52. The molecule has 0 unspecified atom stereocenters. The summed E-state index contributed by atoms with van der Waals surface area (Å²) in [6.45, 7) is 1.39. The molecule has 22 heavy (non-hydrogen) atoms. The van der Waals surface area contributed by atoms with E-state index in [0.29, 0.717) is 5.56 Å². The Kier molecular flexibility index (Phi) is 3.69. The van der Waals surface area contributed by atoms with Crippen LogP contribution in [0.5, 0.6) is 0 Å². The Bertz CT molecular complexity index is 667. The van der Waals surface area contributed by atoms with Gasteiger partial charge in [0, 0.05) is 12.0 Å². The fourth-order valence-corrected chi connectivity index (χ4v) is 2.87. The van der Waals surface area contributed by atoms with E-state index in [0.717, 1.165) is 11.1 Å². The van der Waals surface area contributed by atoms with Crippen LogP contribution in [0.4, 0.5) is 8.78 Å². The van der Waals surface area contributed by atoms with Crippen LogP contribution in [-0.2, 0) is 0 Å². The highest BCUT2D eigenvalue weighted by molar-refractivity contribution is 5.94. The quantitative estimate of drug-likeness (QED) is 0.813. The van der Waals surface area contributed by atoms with E-state index in [1.54, 1.807) is 36.4 Å². The molecule has 114 valence electrons. The van der Waals surface area contributed by atoms with E-state index < -0.39 is 18.5 Å². The summed E-state index contributed by atoms with van der Waals surface area (Å²) in [5, 5.41) is 0. The summed E-state index contributed by atoms with van der Waals surface area (Å²) in [7, 11) is 0. The standard InChI is InChI=1S/C18H17F2NO/c1-13-7-9-15(10-8-13)17(22)21-12-18(19,20)11-16(21)14-5-3-2-4-6-14/h2-10,16H,11-12H2,1H3/t16-/m1/s1. The summed E-state index contributed by atoms with van der Waals surface area (Å²) in [6.07, 6.45) is -0.325. The van der Waals surface area contributed by atoms with E-state index in [2.05, 4.69) is 0 Å². The Labute approximate surface area is 128 Å². The lowest BCUT2D eigenvalue weighted by molar-refractivity contribution is 0.0118. The lowest BCUT2D eigenvalue weighted by Gasteiger charge is -2.24. The van der Waals surface area contributed by atoms with Gasteiger partial charge in [0.05, 0.1) is 12.6 Å². The predicted octanol–water partition coefficient (Wildman–Crippen LogP) is 4.22. The van der Waals surface area contributed by atoms with Crippen molar-refractivity contribution in [2.45, 2.75) is 25.3 Å². The van der Waals surface area contributed by atoms with Crippen LogP contribution >= 0.6 is 0 Å². The van der Waals surface area contributed by atoms with Crippen LogP contribution < -0.4 is 0 Å². The van der Waals surface area contributed by atoms with E-state index in [1.165, 1.54) is 4.90 Å².